The molecule has 0 amide bonds. The van der Waals surface area contributed by atoms with Crippen molar-refractivity contribution in [2.45, 2.75) is 32.4 Å². The quantitative estimate of drug-likeness (QED) is 0.313. The molecule has 186 valence electrons. The summed E-state index contributed by atoms with van der Waals surface area (Å²) in [5.41, 5.74) is 0.375. The fourth-order valence-corrected chi connectivity index (χ4v) is 5.90. The molecule has 1 aliphatic carbocycles. The number of methoxy groups -OCH3 is 1. The van der Waals surface area contributed by atoms with Gasteiger partial charge in [0.1, 0.15) is 28.3 Å². The van der Waals surface area contributed by atoms with Crippen LogP contribution in [0.4, 0.5) is 13.2 Å². The third-order valence-electron chi connectivity index (χ3n) is 6.81. The van der Waals surface area contributed by atoms with E-state index in [9.17, 15) is 18.0 Å². The molecule has 36 heavy (non-hydrogen) atoms. The monoisotopic (exact) mass is 515 g/mol. The van der Waals surface area contributed by atoms with Crippen LogP contribution in [0.3, 0.4) is 0 Å². The minimum absolute atomic E-state index is 0.0986. The van der Waals surface area contributed by atoms with Crippen LogP contribution in [0.1, 0.15) is 35.2 Å². The number of aromatic nitrogens is 3. The number of nitrogens with zero attached hydrogens (tertiary/aromatic N) is 3. The average Bonchev–Trinajstić information content (AvgIpc) is 3.26. The van der Waals surface area contributed by atoms with E-state index in [0.29, 0.717) is 44.4 Å². The molecule has 1 saturated carbocycles. The zero-order valence-corrected chi connectivity index (χ0v) is 20.2. The number of carbonyl (C=O) groups excluding carboxylic acids is 1. The lowest BCUT2D eigenvalue weighted by atomic mass is 9.64. The van der Waals surface area contributed by atoms with Crippen molar-refractivity contribution < 1.29 is 32.2 Å². The van der Waals surface area contributed by atoms with Crippen LogP contribution in [0, 0.1) is 12.3 Å². The molecule has 4 aromatic rings. The van der Waals surface area contributed by atoms with Gasteiger partial charge in [-0.25, -0.2) is 15.0 Å². The summed E-state index contributed by atoms with van der Waals surface area (Å²) in [7, 11) is 1.50. The number of benzene rings is 2. The van der Waals surface area contributed by atoms with Gasteiger partial charge in [-0.2, -0.15) is 13.2 Å². The fraction of sp³-hybridized carbons (Fsp3) is 0.360. The lowest BCUT2D eigenvalue weighted by molar-refractivity contribution is -0.226. The molecule has 2 aromatic carbocycles. The van der Waals surface area contributed by atoms with Crippen molar-refractivity contribution in [1.29, 1.82) is 0 Å². The number of fused-ring (bicyclic) bond motifs is 4. The first kappa shape index (κ1) is 23.0. The number of aryl methyl sites for hydroxylation is 1. The first-order valence-electron chi connectivity index (χ1n) is 11.4. The Morgan fingerprint density at radius 1 is 1.11 bits per heavy atom. The number of ether oxygens (including phenoxy) is 3. The maximum atomic E-state index is 14.1. The van der Waals surface area contributed by atoms with Crippen molar-refractivity contribution in [2.75, 3.05) is 20.3 Å². The van der Waals surface area contributed by atoms with E-state index in [-0.39, 0.29) is 42.9 Å². The highest BCUT2D eigenvalue weighted by Gasteiger charge is 2.63. The summed E-state index contributed by atoms with van der Waals surface area (Å²) >= 11 is 1.23. The third kappa shape index (κ3) is 3.32. The Hall–Kier alpha value is -3.47. The van der Waals surface area contributed by atoms with Crippen LogP contribution >= 0.6 is 11.3 Å². The van der Waals surface area contributed by atoms with Crippen molar-refractivity contribution in [2.24, 2.45) is 5.41 Å². The second-order valence-electron chi connectivity index (χ2n) is 9.00. The standard InChI is InChI=1S/C25H20F3N3O4S/c1-12-8-14(18-15(9-12)30-17(33-2)11-29-18)23-31-19-13(22(32)24(4-3-5-24)25(26,27)28)10-16-20(21(19)36-23)35-7-6-34-16/h8-11H,3-7H2,1-2H3. The van der Waals surface area contributed by atoms with E-state index in [4.69, 9.17) is 19.2 Å². The Labute approximate surface area is 207 Å². The molecule has 6 rings (SSSR count). The van der Waals surface area contributed by atoms with E-state index < -0.39 is 17.4 Å². The lowest BCUT2D eigenvalue weighted by Gasteiger charge is -2.41. The van der Waals surface area contributed by atoms with E-state index >= 15 is 0 Å². The van der Waals surface area contributed by atoms with Crippen LogP contribution in [-0.4, -0.2) is 47.2 Å². The van der Waals surface area contributed by atoms with E-state index in [1.165, 1.54) is 30.7 Å². The Bertz CT molecular complexity index is 1550. The Morgan fingerprint density at radius 3 is 2.58 bits per heavy atom. The summed E-state index contributed by atoms with van der Waals surface area (Å²) in [5, 5.41) is 0.490. The lowest BCUT2D eigenvalue weighted by Crippen LogP contribution is -2.50. The number of rotatable bonds is 4. The first-order valence-corrected chi connectivity index (χ1v) is 12.2. The average molecular weight is 516 g/mol. The van der Waals surface area contributed by atoms with Gasteiger partial charge in [0.2, 0.25) is 5.88 Å². The smallest absolute Gasteiger partial charge is 0.401 e. The van der Waals surface area contributed by atoms with Gasteiger partial charge >= 0.3 is 6.18 Å². The number of thiazole rings is 1. The van der Waals surface area contributed by atoms with E-state index in [0.717, 1.165) is 5.56 Å². The molecule has 7 nitrogen and oxygen atoms in total. The largest absolute Gasteiger partial charge is 0.486 e. The molecule has 2 aliphatic rings. The van der Waals surface area contributed by atoms with Gasteiger partial charge in [0.05, 0.1) is 29.9 Å². The molecule has 2 aromatic heterocycles. The normalized spacial score (nSPS) is 16.7. The van der Waals surface area contributed by atoms with Gasteiger partial charge in [0.15, 0.2) is 17.3 Å². The second kappa shape index (κ2) is 8.02. The molecule has 1 fully saturated rings. The number of ketones is 1. The van der Waals surface area contributed by atoms with Crippen LogP contribution in [0.2, 0.25) is 0 Å². The number of hydrogen-bond acceptors (Lipinski definition) is 8. The van der Waals surface area contributed by atoms with E-state index in [2.05, 4.69) is 9.97 Å². The predicted octanol–water partition coefficient (Wildman–Crippen LogP) is 5.91. The van der Waals surface area contributed by atoms with Crippen LogP contribution in [0.25, 0.3) is 31.8 Å². The van der Waals surface area contributed by atoms with Crippen LogP contribution < -0.4 is 14.2 Å². The molecule has 0 saturated heterocycles. The predicted molar refractivity (Wildman–Crippen MR) is 127 cm³/mol. The highest BCUT2D eigenvalue weighted by molar-refractivity contribution is 7.22. The molecule has 0 N–H and O–H groups in total. The summed E-state index contributed by atoms with van der Waals surface area (Å²) in [5.74, 6) is 0.0195. The van der Waals surface area contributed by atoms with E-state index in [1.54, 1.807) is 0 Å². The topological polar surface area (TPSA) is 83.4 Å². The first-order chi connectivity index (χ1) is 17.2. The maximum Gasteiger partial charge on any atom is 0.401 e. The number of halogens is 3. The molecular weight excluding hydrogens is 495 g/mol. The Balaban J connectivity index is 1.59. The van der Waals surface area contributed by atoms with Crippen molar-refractivity contribution in [3.63, 3.8) is 0 Å². The molecule has 0 radical (unpaired) electrons. The van der Waals surface area contributed by atoms with Gasteiger partial charge in [0.25, 0.3) is 0 Å². The Morgan fingerprint density at radius 2 is 1.89 bits per heavy atom. The zero-order valence-electron chi connectivity index (χ0n) is 19.4. The number of Topliss-reactive ketones (excluding diaryl/α,β-unsaturated/α-hetero) is 1. The number of carbonyl (C=O) groups is 1. The van der Waals surface area contributed by atoms with Crippen LogP contribution in [0.5, 0.6) is 17.4 Å². The van der Waals surface area contributed by atoms with Gasteiger partial charge < -0.3 is 14.2 Å². The summed E-state index contributed by atoms with van der Waals surface area (Å²) in [4.78, 5) is 27.1. The Kier molecular flexibility index (Phi) is 5.12. The summed E-state index contributed by atoms with van der Waals surface area (Å²) < 4.78 is 59.4. The molecule has 3 heterocycles. The van der Waals surface area contributed by atoms with Gasteiger partial charge in [-0.1, -0.05) is 6.42 Å². The second-order valence-corrected chi connectivity index (χ2v) is 10.00. The minimum Gasteiger partial charge on any atom is -0.486 e. The molecule has 0 spiro atoms. The zero-order chi connectivity index (χ0) is 25.2. The van der Waals surface area contributed by atoms with Gasteiger partial charge in [-0.05, 0) is 43.5 Å². The number of alkyl halides is 3. The highest BCUT2D eigenvalue weighted by atomic mass is 32.1. The van der Waals surface area contributed by atoms with Crippen LogP contribution in [0.15, 0.2) is 24.4 Å². The molecular formula is C25H20F3N3O4S. The van der Waals surface area contributed by atoms with Gasteiger partial charge in [-0.15, -0.1) is 11.3 Å². The minimum atomic E-state index is -4.65. The van der Waals surface area contributed by atoms with Crippen molar-refractivity contribution in [1.82, 2.24) is 15.0 Å². The van der Waals surface area contributed by atoms with Crippen LogP contribution in [-0.2, 0) is 0 Å². The maximum absolute atomic E-state index is 14.1. The third-order valence-corrected chi connectivity index (χ3v) is 7.90. The van der Waals surface area contributed by atoms with Gasteiger partial charge in [-0.3, -0.25) is 4.79 Å². The molecule has 0 unspecified atom stereocenters. The SMILES string of the molecule is COc1cnc2c(-c3nc4c(C(=O)C5(C(F)(F)F)CCC5)cc5c(c4s3)OCCO5)cc(C)cc2n1. The van der Waals surface area contributed by atoms with Crippen molar-refractivity contribution in [3.05, 3.63) is 35.5 Å². The fourth-order valence-electron chi connectivity index (χ4n) is 4.80. The van der Waals surface area contributed by atoms with E-state index in [1.807, 2.05) is 19.1 Å². The number of hydrogen-bond donors (Lipinski definition) is 0. The van der Waals surface area contributed by atoms with Gasteiger partial charge in [0, 0.05) is 11.1 Å². The van der Waals surface area contributed by atoms with Crippen molar-refractivity contribution >= 4 is 38.4 Å². The summed E-state index contributed by atoms with van der Waals surface area (Å²) in [6.07, 6.45) is -3.28. The molecule has 0 bridgehead atoms. The summed E-state index contributed by atoms with van der Waals surface area (Å²) in [6.45, 7) is 2.42. The van der Waals surface area contributed by atoms with Crippen molar-refractivity contribution in [3.8, 4) is 28.0 Å². The highest BCUT2D eigenvalue weighted by Crippen LogP contribution is 2.56. The molecule has 0 atom stereocenters. The summed E-state index contributed by atoms with van der Waals surface area (Å²) in [6, 6.07) is 5.10. The molecule has 1 aliphatic heterocycles. The molecule has 11 heteroatoms.